The summed E-state index contributed by atoms with van der Waals surface area (Å²) in [4.78, 5) is 28.5. The van der Waals surface area contributed by atoms with Crippen LogP contribution in [-0.4, -0.2) is 73.0 Å². The van der Waals surface area contributed by atoms with E-state index in [2.05, 4.69) is 16.7 Å². The van der Waals surface area contributed by atoms with Gasteiger partial charge in [-0.3, -0.25) is 9.59 Å². The lowest BCUT2D eigenvalue weighted by atomic mass is 9.85. The molecule has 0 unspecified atom stereocenters. The normalized spacial score (nSPS) is 27.9. The fourth-order valence-corrected chi connectivity index (χ4v) is 4.22. The quantitative estimate of drug-likeness (QED) is 0.707. The van der Waals surface area contributed by atoms with E-state index in [9.17, 15) is 9.59 Å². The molecule has 0 aromatic carbocycles. The number of rotatable bonds is 4. The van der Waals surface area contributed by atoms with Crippen molar-refractivity contribution in [3.05, 3.63) is 0 Å². The molecule has 2 aliphatic heterocycles. The van der Waals surface area contributed by atoms with Gasteiger partial charge in [-0.2, -0.15) is 5.26 Å². The number of halogens is 2. The molecule has 2 amide bonds. The van der Waals surface area contributed by atoms with Crippen LogP contribution >= 0.6 is 24.8 Å². The molecule has 1 atom stereocenters. The third-order valence-corrected chi connectivity index (χ3v) is 5.77. The Labute approximate surface area is 174 Å². The molecule has 27 heavy (non-hydrogen) atoms. The number of carbonyl (C=O) groups is 2. The topological polar surface area (TPSA) is 88.5 Å². The Bertz CT molecular complexity index is 528. The second-order valence-electron chi connectivity index (χ2n) is 7.38. The molecule has 3 aliphatic rings. The molecule has 0 spiro atoms. The Morgan fingerprint density at radius 1 is 1.04 bits per heavy atom. The van der Waals surface area contributed by atoms with Gasteiger partial charge in [0.15, 0.2) is 0 Å². The number of likely N-dealkylation sites (tertiary alicyclic amines) is 1. The maximum atomic E-state index is 12.6. The van der Waals surface area contributed by atoms with Gasteiger partial charge < -0.3 is 20.4 Å². The van der Waals surface area contributed by atoms with Crippen LogP contribution < -0.4 is 10.6 Å². The smallest absolute Gasteiger partial charge is 0.237 e. The van der Waals surface area contributed by atoms with Crippen LogP contribution in [0.15, 0.2) is 0 Å². The van der Waals surface area contributed by atoms with Crippen molar-refractivity contribution in [2.24, 2.45) is 5.92 Å². The Morgan fingerprint density at radius 2 is 1.70 bits per heavy atom. The Kier molecular flexibility index (Phi) is 10.4. The number of piperazine rings is 1. The zero-order valence-electron chi connectivity index (χ0n) is 15.7. The molecule has 154 valence electrons. The van der Waals surface area contributed by atoms with Gasteiger partial charge in [-0.05, 0) is 38.5 Å². The number of amides is 2. The van der Waals surface area contributed by atoms with Crippen LogP contribution in [0.4, 0.5) is 0 Å². The Hall–Kier alpha value is -1.07. The standard InChI is InChI=1S/C18H29N5O2.2ClH/c19-12-16-2-1-9-23(16)17(24)13-21-15-5-3-14(4-6-15)18(25)22-10-7-20-8-11-22;;/h14-16,20-21H,1-11,13H2;2*1H/t14-,15-,16-;;/m0../s1. The summed E-state index contributed by atoms with van der Waals surface area (Å²) in [5.41, 5.74) is 0. The summed E-state index contributed by atoms with van der Waals surface area (Å²) >= 11 is 0. The van der Waals surface area contributed by atoms with Crippen molar-refractivity contribution in [1.29, 1.82) is 5.26 Å². The van der Waals surface area contributed by atoms with E-state index in [-0.39, 0.29) is 42.7 Å². The minimum Gasteiger partial charge on any atom is -0.340 e. The van der Waals surface area contributed by atoms with Crippen molar-refractivity contribution in [1.82, 2.24) is 20.4 Å². The highest BCUT2D eigenvalue weighted by atomic mass is 35.5. The van der Waals surface area contributed by atoms with Gasteiger partial charge in [-0.1, -0.05) is 0 Å². The van der Waals surface area contributed by atoms with E-state index < -0.39 is 0 Å². The van der Waals surface area contributed by atoms with E-state index in [0.29, 0.717) is 25.0 Å². The maximum absolute atomic E-state index is 12.6. The molecule has 0 radical (unpaired) electrons. The number of nitriles is 1. The van der Waals surface area contributed by atoms with Crippen LogP contribution in [0.2, 0.25) is 0 Å². The van der Waals surface area contributed by atoms with Gasteiger partial charge in [0.1, 0.15) is 6.04 Å². The lowest BCUT2D eigenvalue weighted by molar-refractivity contribution is -0.137. The molecule has 3 fully saturated rings. The number of nitrogens with one attached hydrogen (secondary N) is 2. The summed E-state index contributed by atoms with van der Waals surface area (Å²) < 4.78 is 0. The SMILES string of the molecule is Cl.Cl.N#C[C@@H]1CCCN1C(=O)CN[C@H]1CC[C@H](C(=O)N2CCNCC2)CC1. The van der Waals surface area contributed by atoms with E-state index in [1.54, 1.807) is 4.90 Å². The molecule has 1 aliphatic carbocycles. The average molecular weight is 420 g/mol. The van der Waals surface area contributed by atoms with Gasteiger partial charge in [0, 0.05) is 44.7 Å². The van der Waals surface area contributed by atoms with Gasteiger partial charge in [-0.15, -0.1) is 24.8 Å². The van der Waals surface area contributed by atoms with E-state index in [4.69, 9.17) is 5.26 Å². The molecule has 2 saturated heterocycles. The molecule has 2 N–H and O–H groups in total. The molecule has 0 aromatic rings. The molecular formula is C18H31Cl2N5O2. The van der Waals surface area contributed by atoms with Crippen molar-refractivity contribution in [3.63, 3.8) is 0 Å². The average Bonchev–Trinajstić information content (AvgIpc) is 3.15. The summed E-state index contributed by atoms with van der Waals surface area (Å²) in [5, 5.41) is 15.7. The Morgan fingerprint density at radius 3 is 2.33 bits per heavy atom. The largest absolute Gasteiger partial charge is 0.340 e. The lowest BCUT2D eigenvalue weighted by Gasteiger charge is -2.34. The van der Waals surface area contributed by atoms with Crippen molar-refractivity contribution in [3.8, 4) is 6.07 Å². The highest BCUT2D eigenvalue weighted by molar-refractivity contribution is 5.85. The van der Waals surface area contributed by atoms with E-state index in [0.717, 1.165) is 64.7 Å². The first-order valence-corrected chi connectivity index (χ1v) is 9.61. The second kappa shape index (κ2) is 11.7. The molecule has 7 nitrogen and oxygen atoms in total. The lowest BCUT2D eigenvalue weighted by Crippen LogP contribution is -2.49. The van der Waals surface area contributed by atoms with Crippen molar-refractivity contribution >= 4 is 36.6 Å². The predicted octanol–water partition coefficient (Wildman–Crippen LogP) is 0.925. The number of hydrogen-bond acceptors (Lipinski definition) is 5. The summed E-state index contributed by atoms with van der Waals surface area (Å²) in [6, 6.07) is 2.27. The highest BCUT2D eigenvalue weighted by Crippen LogP contribution is 2.26. The maximum Gasteiger partial charge on any atom is 0.237 e. The first-order valence-electron chi connectivity index (χ1n) is 9.61. The summed E-state index contributed by atoms with van der Waals surface area (Å²) in [5.74, 6) is 0.487. The van der Waals surface area contributed by atoms with E-state index >= 15 is 0 Å². The zero-order valence-corrected chi connectivity index (χ0v) is 17.3. The van der Waals surface area contributed by atoms with E-state index in [1.165, 1.54) is 0 Å². The number of hydrogen-bond donors (Lipinski definition) is 2. The molecule has 0 bridgehead atoms. The first-order chi connectivity index (χ1) is 12.2. The highest BCUT2D eigenvalue weighted by Gasteiger charge is 2.31. The molecule has 1 saturated carbocycles. The molecule has 3 rings (SSSR count). The summed E-state index contributed by atoms with van der Waals surface area (Å²) in [6.07, 6.45) is 5.40. The third kappa shape index (κ3) is 6.21. The van der Waals surface area contributed by atoms with Gasteiger partial charge in [0.2, 0.25) is 11.8 Å². The van der Waals surface area contributed by atoms with Crippen molar-refractivity contribution in [2.75, 3.05) is 39.3 Å². The van der Waals surface area contributed by atoms with Crippen LogP contribution in [0.5, 0.6) is 0 Å². The van der Waals surface area contributed by atoms with Crippen molar-refractivity contribution < 1.29 is 9.59 Å². The number of carbonyl (C=O) groups excluding carboxylic acids is 2. The van der Waals surface area contributed by atoms with Crippen molar-refractivity contribution in [2.45, 2.75) is 50.6 Å². The second-order valence-corrected chi connectivity index (χ2v) is 7.38. The third-order valence-electron chi connectivity index (χ3n) is 5.77. The Balaban J connectivity index is 0.00000182. The monoisotopic (exact) mass is 419 g/mol. The summed E-state index contributed by atoms with van der Waals surface area (Å²) in [6.45, 7) is 4.43. The van der Waals surface area contributed by atoms with Gasteiger partial charge in [-0.25, -0.2) is 0 Å². The minimum absolute atomic E-state index is 0. The van der Waals surface area contributed by atoms with Gasteiger partial charge >= 0.3 is 0 Å². The van der Waals surface area contributed by atoms with Crippen LogP contribution in [0, 0.1) is 17.2 Å². The fraction of sp³-hybridized carbons (Fsp3) is 0.833. The van der Waals surface area contributed by atoms with Crippen LogP contribution in [-0.2, 0) is 9.59 Å². The molecular weight excluding hydrogens is 389 g/mol. The first kappa shape index (κ1) is 24.0. The van der Waals surface area contributed by atoms with Crippen LogP contribution in [0.3, 0.4) is 0 Å². The van der Waals surface area contributed by atoms with E-state index in [1.807, 2.05) is 4.90 Å². The fourth-order valence-electron chi connectivity index (χ4n) is 4.22. The minimum atomic E-state index is -0.248. The predicted molar refractivity (Wildman–Crippen MR) is 108 cm³/mol. The van der Waals surface area contributed by atoms with Gasteiger partial charge in [0.05, 0.1) is 12.6 Å². The number of nitrogens with zero attached hydrogens (tertiary/aromatic N) is 3. The van der Waals surface area contributed by atoms with Crippen LogP contribution in [0.25, 0.3) is 0 Å². The van der Waals surface area contributed by atoms with Gasteiger partial charge in [0.25, 0.3) is 0 Å². The zero-order chi connectivity index (χ0) is 17.6. The molecule has 9 heteroatoms. The molecule has 0 aromatic heterocycles. The van der Waals surface area contributed by atoms with Crippen LogP contribution in [0.1, 0.15) is 38.5 Å². The summed E-state index contributed by atoms with van der Waals surface area (Å²) in [7, 11) is 0. The molecule has 2 heterocycles.